The fourth-order valence-corrected chi connectivity index (χ4v) is 8.12. The van der Waals surface area contributed by atoms with E-state index in [1.807, 2.05) is 0 Å². The Morgan fingerprint density at radius 2 is 1.86 bits per heavy atom. The lowest BCUT2D eigenvalue weighted by Crippen LogP contribution is -2.52. The molecule has 1 amide bonds. The molecule has 236 valence electrons. The van der Waals surface area contributed by atoms with Gasteiger partial charge in [0.25, 0.3) is 5.91 Å². The molecule has 2 aromatic heterocycles. The van der Waals surface area contributed by atoms with Crippen molar-refractivity contribution >= 4 is 71.7 Å². The number of hydrogen-bond donors (Lipinski definition) is 5. The van der Waals surface area contributed by atoms with Crippen LogP contribution in [-0.4, -0.2) is 108 Å². The second kappa shape index (κ2) is 11.1. The Morgan fingerprint density at radius 1 is 1.09 bits per heavy atom. The number of halogens is 1. The normalized spacial score (nSPS) is 41.0. The molecule has 2 bridgehead atoms. The maximum atomic E-state index is 16.0. The number of fused-ring (bicyclic) bond motifs is 5. The van der Waals surface area contributed by atoms with Crippen LogP contribution in [0.15, 0.2) is 28.0 Å². The van der Waals surface area contributed by atoms with Gasteiger partial charge in [0.15, 0.2) is 35.9 Å². The van der Waals surface area contributed by atoms with Crippen molar-refractivity contribution in [3.8, 4) is 0 Å². The van der Waals surface area contributed by atoms with Crippen LogP contribution < -0.4 is 11.1 Å². The van der Waals surface area contributed by atoms with Gasteiger partial charge in [0.1, 0.15) is 30.2 Å². The number of amides is 1. The topological polar surface area (TPSA) is 259 Å². The number of alkyl halides is 1. The minimum absolute atomic E-state index is 0.0101. The lowest BCUT2D eigenvalue weighted by Gasteiger charge is -2.30. The first kappa shape index (κ1) is 30.1. The van der Waals surface area contributed by atoms with Crippen LogP contribution in [0, 0.1) is 5.41 Å². The summed E-state index contributed by atoms with van der Waals surface area (Å²) in [7, 11) is 0. The maximum absolute atomic E-state index is 16.0. The minimum atomic E-state index is -4.14. The summed E-state index contributed by atoms with van der Waals surface area (Å²) < 4.78 is 51.7. The number of guanidine groups is 1. The Kier molecular flexibility index (Phi) is 7.58. The third-order valence-corrected chi connectivity index (χ3v) is 10.3. The number of amidine groups is 1. The second-order valence-corrected chi connectivity index (χ2v) is 15.6. The summed E-state index contributed by atoms with van der Waals surface area (Å²) in [4.78, 5) is 50.3. The quantitative estimate of drug-likeness (QED) is 0.249. The Morgan fingerprint density at radius 3 is 2.68 bits per heavy atom. The third kappa shape index (κ3) is 5.46. The van der Waals surface area contributed by atoms with E-state index in [1.54, 1.807) is 0 Å². The highest BCUT2D eigenvalue weighted by atomic mass is 32.5. The number of carbonyl (C=O) groups excluding carboxylic acids is 1. The molecular weight excluding hydrogens is 671 g/mol. The molecule has 3 saturated heterocycles. The van der Waals surface area contributed by atoms with E-state index in [0.717, 1.165) is 5.01 Å². The number of rotatable bonds is 2. The zero-order valence-electron chi connectivity index (χ0n) is 21.9. The molecule has 25 heteroatoms. The number of nitrogen functional groups attached to an aromatic ring is 1. The Bertz CT molecular complexity index is 1700. The van der Waals surface area contributed by atoms with Crippen LogP contribution in [0.2, 0.25) is 0 Å². The van der Waals surface area contributed by atoms with Gasteiger partial charge in [-0.3, -0.25) is 24.6 Å². The predicted molar refractivity (Wildman–Crippen MR) is 150 cm³/mol. The molecule has 0 aromatic carbocycles. The third-order valence-electron chi connectivity index (χ3n) is 7.12. The molecule has 7 heterocycles. The minimum Gasteiger partial charge on any atom is -0.382 e. The highest BCUT2D eigenvalue weighted by molar-refractivity contribution is 8.07. The van der Waals surface area contributed by atoms with Crippen molar-refractivity contribution < 1.29 is 46.5 Å². The van der Waals surface area contributed by atoms with E-state index in [0.29, 0.717) is 0 Å². The number of anilines is 1. The van der Waals surface area contributed by atoms with E-state index in [2.05, 4.69) is 35.6 Å². The summed E-state index contributed by atoms with van der Waals surface area (Å²) in [6.45, 7) is -9.15. The Labute approximate surface area is 255 Å². The molecule has 0 saturated carbocycles. The molecule has 7 rings (SSSR count). The first-order valence-electron chi connectivity index (χ1n) is 12.8. The van der Waals surface area contributed by atoms with Crippen molar-refractivity contribution in [3.05, 3.63) is 12.7 Å². The largest absolute Gasteiger partial charge is 0.382 e. The number of ether oxygens (including phenoxy) is 2. The van der Waals surface area contributed by atoms with E-state index < -0.39 is 81.0 Å². The van der Waals surface area contributed by atoms with Gasteiger partial charge in [0.05, 0.1) is 25.6 Å². The van der Waals surface area contributed by atoms with Crippen molar-refractivity contribution in [2.75, 3.05) is 18.9 Å². The summed E-state index contributed by atoms with van der Waals surface area (Å²) in [6.07, 6.45) is -6.78. The number of aliphatic imine (C=N–C) groups is 1. The highest BCUT2D eigenvalue weighted by Crippen LogP contribution is 2.53. The number of aromatic nitrogens is 4. The van der Waals surface area contributed by atoms with Gasteiger partial charge in [-0.25, -0.2) is 19.3 Å². The van der Waals surface area contributed by atoms with Crippen LogP contribution in [0.4, 0.5) is 10.2 Å². The van der Waals surface area contributed by atoms with E-state index in [4.69, 9.17) is 62.3 Å². The van der Waals surface area contributed by atoms with Crippen molar-refractivity contribution in [3.63, 3.8) is 0 Å². The van der Waals surface area contributed by atoms with Crippen molar-refractivity contribution in [1.29, 1.82) is 5.41 Å². The molecule has 0 spiro atoms. The predicted octanol–water partition coefficient (Wildman–Crippen LogP) is -0.476. The van der Waals surface area contributed by atoms with E-state index >= 15 is 4.39 Å². The molecule has 0 aliphatic carbocycles. The monoisotopic (exact) mass is 693 g/mol. The summed E-state index contributed by atoms with van der Waals surface area (Å²) in [5.41, 5.74) is 6.24. The number of nitrogens with zero attached hydrogens (tertiary/aromatic N) is 8. The summed E-state index contributed by atoms with van der Waals surface area (Å²) in [6, 6.07) is -1.13. The first-order valence-corrected chi connectivity index (χ1v) is 17.9. The van der Waals surface area contributed by atoms with Crippen LogP contribution in [0.5, 0.6) is 0 Å². The van der Waals surface area contributed by atoms with Gasteiger partial charge in [0, 0.05) is 6.42 Å². The van der Waals surface area contributed by atoms with E-state index in [-0.39, 0.29) is 35.8 Å². The van der Waals surface area contributed by atoms with Gasteiger partial charge in [-0.1, -0.05) is 5.22 Å². The Hall–Kier alpha value is -2.53. The summed E-state index contributed by atoms with van der Waals surface area (Å²) >= 11 is 10.4. The molecular formula is C19H22FN11O9P2S2. The standard InChI is InChI=1S/C19H22FN11O9P2S2/c20-9-12-8(38-18(9)30-5-25-10-13(21)23-4-24-14(10)30)3-36-41(33,43)39-7-1-6(2-35-42(34,44)40-12)37-17(7)31-15-11(28-29-31)16(32)27-19(22)26-15/h4-9,11-12,17-18H,1-3H2,(H,33,43)(H,34,44)(H2,21,23,24)(H2,22,27,32)/t6-,7+,8+,9-,11?,12+,17+,18+,41?,42?/m0/s1. The lowest BCUT2D eigenvalue weighted by molar-refractivity contribution is -0.119. The smallest absolute Gasteiger partial charge is 0.325 e. The lowest BCUT2D eigenvalue weighted by atomic mass is 10.1. The van der Waals surface area contributed by atoms with Crippen LogP contribution in [0.25, 0.3) is 11.2 Å². The van der Waals surface area contributed by atoms with E-state index in [9.17, 15) is 14.6 Å². The van der Waals surface area contributed by atoms with Gasteiger partial charge in [-0.2, -0.15) is 10.0 Å². The Balaban J connectivity index is 1.15. The summed E-state index contributed by atoms with van der Waals surface area (Å²) in [5, 5.41) is 19.0. The second-order valence-electron chi connectivity index (χ2n) is 9.98. The molecule has 5 aliphatic rings. The van der Waals surface area contributed by atoms with Gasteiger partial charge < -0.3 is 38.6 Å². The average molecular weight is 694 g/mol. The summed E-state index contributed by atoms with van der Waals surface area (Å²) in [5.74, 6) is -0.989. The molecule has 5 aliphatic heterocycles. The fourth-order valence-electron chi connectivity index (χ4n) is 5.22. The SMILES string of the molecule is N=C1N=C2C(N=NN2[C@@H]2O[C@@H]3COP(O)(=S)O[C@H]4[C@H](F)[C@H](n5cnc6c(N)ncnc65)O[C@@H]4COP(O)(=S)O[C@@H]2C3)C(=O)N1. The van der Waals surface area contributed by atoms with Crippen LogP contribution in [-0.2, 0) is 56.0 Å². The molecule has 44 heavy (non-hydrogen) atoms. The number of imidazole rings is 1. The molecule has 0 radical (unpaired) electrons. The number of nitrogens with two attached hydrogens (primary N) is 1. The number of nitrogens with one attached hydrogen (secondary N) is 2. The van der Waals surface area contributed by atoms with E-state index in [1.165, 1.54) is 17.2 Å². The van der Waals surface area contributed by atoms with Gasteiger partial charge >= 0.3 is 13.4 Å². The average Bonchev–Trinajstić information content (AvgIpc) is 3.72. The van der Waals surface area contributed by atoms with Gasteiger partial charge in [-0.15, -0.1) is 5.11 Å². The highest BCUT2D eigenvalue weighted by Gasteiger charge is 2.53. The fraction of sp³-hybridized carbons (Fsp3) is 0.579. The van der Waals surface area contributed by atoms with Gasteiger partial charge in [0.2, 0.25) is 12.0 Å². The van der Waals surface area contributed by atoms with Crippen molar-refractivity contribution in [2.45, 2.75) is 55.5 Å². The van der Waals surface area contributed by atoms with Crippen LogP contribution >= 0.6 is 13.4 Å². The zero-order chi connectivity index (χ0) is 31.0. The molecule has 10 atom stereocenters. The number of hydrogen-bond acceptors (Lipinski definition) is 17. The van der Waals surface area contributed by atoms with Crippen molar-refractivity contribution in [2.24, 2.45) is 15.3 Å². The van der Waals surface area contributed by atoms with Crippen molar-refractivity contribution in [1.82, 2.24) is 29.8 Å². The maximum Gasteiger partial charge on any atom is 0.325 e. The molecule has 3 unspecified atom stereocenters. The van der Waals surface area contributed by atoms with Crippen LogP contribution in [0.1, 0.15) is 12.6 Å². The van der Waals surface area contributed by atoms with Crippen LogP contribution in [0.3, 0.4) is 0 Å². The molecule has 2 aromatic rings. The molecule has 20 nitrogen and oxygen atoms in total. The first-order chi connectivity index (χ1) is 20.9. The molecule has 6 N–H and O–H groups in total. The van der Waals surface area contributed by atoms with Gasteiger partial charge in [-0.05, 0) is 23.6 Å². The zero-order valence-corrected chi connectivity index (χ0v) is 25.3. The number of carbonyl (C=O) groups is 1. The molecule has 3 fully saturated rings.